The first-order valence-electron chi connectivity index (χ1n) is 7.22. The summed E-state index contributed by atoms with van der Waals surface area (Å²) in [5.41, 5.74) is 2.35. The molecule has 0 aliphatic carbocycles. The van der Waals surface area contributed by atoms with Gasteiger partial charge < -0.3 is 9.42 Å². The predicted octanol–water partition coefficient (Wildman–Crippen LogP) is 5.75. The second kappa shape index (κ2) is 5.79. The van der Waals surface area contributed by atoms with Gasteiger partial charge in [-0.15, -0.1) is 0 Å². The maximum Gasteiger partial charge on any atom is 0.401 e. The Labute approximate surface area is 131 Å². The number of rotatable bonds is 3. The Hall–Kier alpha value is -0.760. The smallest absolute Gasteiger partial charge is 0.401 e. The molecular weight excluding hydrogens is 307 g/mol. The first-order chi connectivity index (χ1) is 9.64. The Kier molecular flexibility index (Phi) is 4.58. The molecule has 1 aliphatic heterocycles. The summed E-state index contributed by atoms with van der Waals surface area (Å²) in [4.78, 5) is 9.97. The summed E-state index contributed by atoms with van der Waals surface area (Å²) in [6, 6.07) is 3.65. The van der Waals surface area contributed by atoms with Crippen LogP contribution in [0.3, 0.4) is 0 Å². The molecule has 1 unspecified atom stereocenters. The lowest BCUT2D eigenvalue weighted by Crippen LogP contribution is -2.15. The monoisotopic (exact) mass is 328 g/mol. The van der Waals surface area contributed by atoms with E-state index in [1.54, 1.807) is 0 Å². The highest BCUT2D eigenvalue weighted by Crippen LogP contribution is 2.56. The van der Waals surface area contributed by atoms with Crippen LogP contribution in [-0.2, 0) is 9.98 Å². The molecule has 5 heteroatoms. The van der Waals surface area contributed by atoms with Crippen LogP contribution in [0.2, 0.25) is 5.02 Å². The molecule has 116 valence electrons. The first-order valence-corrected chi connectivity index (χ1v) is 9.25. The molecule has 0 fully saturated rings. The maximum absolute atomic E-state index is 12.2. The third-order valence-electron chi connectivity index (χ3n) is 3.55. The second-order valence-corrected chi connectivity index (χ2v) is 8.50. The van der Waals surface area contributed by atoms with Crippen LogP contribution in [0.5, 0.6) is 5.75 Å². The van der Waals surface area contributed by atoms with Gasteiger partial charge in [0.25, 0.3) is 0 Å². The fraction of sp³-hybridized carbons (Fsp3) is 0.500. The average molecular weight is 329 g/mol. The summed E-state index contributed by atoms with van der Waals surface area (Å²) in [5.74, 6) is 1.87. The molecule has 1 heterocycles. The Balaban J connectivity index is 2.64. The molecule has 0 spiro atoms. The van der Waals surface area contributed by atoms with E-state index in [0.717, 1.165) is 36.0 Å². The van der Waals surface area contributed by atoms with Crippen LogP contribution in [0, 0.1) is 0 Å². The molecule has 3 nitrogen and oxygen atoms in total. The van der Waals surface area contributed by atoms with Gasteiger partial charge in [0.1, 0.15) is 5.75 Å². The van der Waals surface area contributed by atoms with Gasteiger partial charge in [-0.25, -0.2) is 4.57 Å². The van der Waals surface area contributed by atoms with Gasteiger partial charge in [0.15, 0.2) is 0 Å². The molecule has 1 aromatic rings. The number of halogens is 1. The van der Waals surface area contributed by atoms with Crippen molar-refractivity contribution in [3.05, 3.63) is 34.1 Å². The summed E-state index contributed by atoms with van der Waals surface area (Å²) in [5, 5.41) is 0.624. The zero-order valence-electron chi connectivity index (χ0n) is 12.9. The van der Waals surface area contributed by atoms with Crippen molar-refractivity contribution in [3.63, 3.8) is 0 Å². The Morgan fingerprint density at radius 3 is 2.57 bits per heavy atom. The fourth-order valence-electron chi connectivity index (χ4n) is 2.48. The quantitative estimate of drug-likeness (QED) is 0.719. The number of allylic oxidation sites excluding steroid dienone is 1. The van der Waals surface area contributed by atoms with Crippen LogP contribution in [0.1, 0.15) is 58.1 Å². The maximum atomic E-state index is 12.2. The van der Waals surface area contributed by atoms with Crippen molar-refractivity contribution in [2.75, 3.05) is 0 Å². The second-order valence-electron chi connectivity index (χ2n) is 6.49. The number of benzene rings is 1. The lowest BCUT2D eigenvalue weighted by Gasteiger charge is -2.29. The standard InChI is InChI=1S/C16H22ClO3P/c1-5-6-7-11-10-21(18,19)20-15-13(11)8-12(17)9-14(15)16(2,3)4/h8-10H,5-7H2,1-4H3,(H,18,19). The first kappa shape index (κ1) is 16.6. The number of hydrogen-bond donors (Lipinski definition) is 1. The molecule has 1 aliphatic rings. The minimum absolute atomic E-state index is 0.220. The molecule has 0 amide bonds. The molecule has 0 bridgehead atoms. The summed E-state index contributed by atoms with van der Waals surface area (Å²) in [6.45, 7) is 8.20. The fourth-order valence-corrected chi connectivity index (χ4v) is 3.87. The van der Waals surface area contributed by atoms with Crippen LogP contribution in [0.4, 0.5) is 0 Å². The molecule has 0 aromatic heterocycles. The van der Waals surface area contributed by atoms with Gasteiger partial charge in [-0.1, -0.05) is 45.7 Å². The molecule has 21 heavy (non-hydrogen) atoms. The average Bonchev–Trinajstić information content (AvgIpc) is 2.34. The number of hydrogen-bond acceptors (Lipinski definition) is 2. The lowest BCUT2D eigenvalue weighted by atomic mass is 9.84. The van der Waals surface area contributed by atoms with Gasteiger partial charge in [-0.05, 0) is 36.0 Å². The van der Waals surface area contributed by atoms with Crippen molar-refractivity contribution in [1.82, 2.24) is 0 Å². The molecule has 1 atom stereocenters. The zero-order valence-corrected chi connectivity index (χ0v) is 14.6. The zero-order chi connectivity index (χ0) is 15.8. The lowest BCUT2D eigenvalue weighted by molar-refractivity contribution is 0.384. The van der Waals surface area contributed by atoms with Crippen LogP contribution in [0.15, 0.2) is 17.9 Å². The van der Waals surface area contributed by atoms with E-state index in [9.17, 15) is 9.46 Å². The summed E-state index contributed by atoms with van der Waals surface area (Å²) in [7, 11) is -3.73. The minimum atomic E-state index is -3.73. The van der Waals surface area contributed by atoms with Gasteiger partial charge in [-0.2, -0.15) is 0 Å². The Morgan fingerprint density at radius 2 is 2.00 bits per heavy atom. The molecule has 0 saturated heterocycles. The third kappa shape index (κ3) is 3.71. The number of fused-ring (bicyclic) bond motifs is 1. The van der Waals surface area contributed by atoms with Gasteiger partial charge in [-0.3, -0.25) is 0 Å². The van der Waals surface area contributed by atoms with E-state index in [-0.39, 0.29) is 5.41 Å². The van der Waals surface area contributed by atoms with E-state index >= 15 is 0 Å². The van der Waals surface area contributed by atoms with E-state index in [4.69, 9.17) is 16.1 Å². The van der Waals surface area contributed by atoms with E-state index in [0.29, 0.717) is 10.8 Å². The molecular formula is C16H22ClO3P. The van der Waals surface area contributed by atoms with Crippen molar-refractivity contribution in [3.8, 4) is 5.75 Å². The van der Waals surface area contributed by atoms with Crippen molar-refractivity contribution in [2.45, 2.75) is 52.4 Å². The SMILES string of the molecule is CCCCC1=CP(=O)(O)Oc2c1cc(Cl)cc2C(C)(C)C. The highest BCUT2D eigenvalue weighted by Gasteiger charge is 2.32. The van der Waals surface area contributed by atoms with E-state index in [2.05, 4.69) is 6.92 Å². The molecule has 0 radical (unpaired) electrons. The van der Waals surface area contributed by atoms with Crippen molar-refractivity contribution in [2.24, 2.45) is 0 Å². The minimum Gasteiger partial charge on any atom is -0.421 e. The topological polar surface area (TPSA) is 46.5 Å². The summed E-state index contributed by atoms with van der Waals surface area (Å²) in [6.07, 6.45) is 2.74. The normalized spacial score (nSPS) is 21.5. The Bertz CT molecular complexity index is 629. The van der Waals surface area contributed by atoms with Crippen LogP contribution >= 0.6 is 19.2 Å². The summed E-state index contributed by atoms with van der Waals surface area (Å²) < 4.78 is 17.6. The number of unbranched alkanes of at least 4 members (excludes halogenated alkanes) is 1. The Morgan fingerprint density at radius 1 is 1.33 bits per heavy atom. The van der Waals surface area contributed by atoms with Crippen LogP contribution in [0.25, 0.3) is 5.57 Å². The summed E-state index contributed by atoms with van der Waals surface area (Å²) >= 11 is 6.24. The van der Waals surface area contributed by atoms with Gasteiger partial charge >= 0.3 is 7.60 Å². The molecule has 2 rings (SSSR count). The van der Waals surface area contributed by atoms with Crippen LogP contribution in [-0.4, -0.2) is 4.89 Å². The predicted molar refractivity (Wildman–Crippen MR) is 88.1 cm³/mol. The van der Waals surface area contributed by atoms with Crippen molar-refractivity contribution < 1.29 is 14.0 Å². The van der Waals surface area contributed by atoms with E-state index in [1.807, 2.05) is 32.9 Å². The van der Waals surface area contributed by atoms with E-state index < -0.39 is 7.60 Å². The third-order valence-corrected chi connectivity index (χ3v) is 4.85. The van der Waals surface area contributed by atoms with Gasteiger partial charge in [0.2, 0.25) is 0 Å². The largest absolute Gasteiger partial charge is 0.421 e. The highest BCUT2D eigenvalue weighted by atomic mass is 35.5. The highest BCUT2D eigenvalue weighted by molar-refractivity contribution is 7.57. The van der Waals surface area contributed by atoms with Crippen molar-refractivity contribution >= 4 is 24.8 Å². The van der Waals surface area contributed by atoms with E-state index in [1.165, 1.54) is 5.82 Å². The molecule has 1 aromatic carbocycles. The van der Waals surface area contributed by atoms with Gasteiger partial charge in [0.05, 0.1) is 0 Å². The van der Waals surface area contributed by atoms with Crippen molar-refractivity contribution in [1.29, 1.82) is 0 Å². The van der Waals surface area contributed by atoms with Gasteiger partial charge in [0, 0.05) is 22.0 Å². The molecule has 0 saturated carbocycles. The molecule has 1 N–H and O–H groups in total. The van der Waals surface area contributed by atoms with Crippen LogP contribution < -0.4 is 4.52 Å².